The predicted molar refractivity (Wildman–Crippen MR) is 153 cm³/mol. The Morgan fingerprint density at radius 1 is 1.00 bits per heavy atom. The molecular formula is C28H47N5O7S. The molecule has 2 saturated carbocycles. The fourth-order valence-corrected chi connectivity index (χ4v) is 7.53. The summed E-state index contributed by atoms with van der Waals surface area (Å²) in [5, 5.41) is 8.10. The zero-order valence-electron chi connectivity index (χ0n) is 24.8. The van der Waals surface area contributed by atoms with Crippen molar-refractivity contribution >= 4 is 39.4 Å². The van der Waals surface area contributed by atoms with Crippen molar-refractivity contribution in [3.05, 3.63) is 0 Å². The number of primary amides is 1. The van der Waals surface area contributed by atoms with Crippen LogP contribution < -0.4 is 21.7 Å². The molecule has 5 amide bonds. The van der Waals surface area contributed by atoms with Crippen LogP contribution in [0.25, 0.3) is 0 Å². The molecule has 13 heteroatoms. The average Bonchev–Trinajstić information content (AvgIpc) is 3.24. The third-order valence-electron chi connectivity index (χ3n) is 8.95. The SMILES string of the molecule is CC1CCN(C(=O)CNC(=O)NC2(CS(=O)(=O)C(C)(C)C)CCCCC2)C1C(=O)NC(CC1CCC1)C(=O)C(N)=O. The van der Waals surface area contributed by atoms with E-state index in [4.69, 9.17) is 5.73 Å². The van der Waals surface area contributed by atoms with Crippen LogP contribution in [0.5, 0.6) is 0 Å². The van der Waals surface area contributed by atoms with Crippen LogP contribution in [0.15, 0.2) is 0 Å². The number of carbonyl (C=O) groups is 5. The van der Waals surface area contributed by atoms with Gasteiger partial charge in [0, 0.05) is 6.54 Å². The predicted octanol–water partition coefficient (Wildman–Crippen LogP) is 1.17. The molecule has 0 bridgehead atoms. The minimum absolute atomic E-state index is 0.178. The molecule has 232 valence electrons. The van der Waals surface area contributed by atoms with Crippen LogP contribution in [-0.2, 0) is 29.0 Å². The summed E-state index contributed by atoms with van der Waals surface area (Å²) in [6, 6.07) is -2.53. The lowest BCUT2D eigenvalue weighted by Gasteiger charge is -2.39. The molecule has 0 aromatic carbocycles. The second kappa shape index (κ2) is 13.1. The van der Waals surface area contributed by atoms with Crippen LogP contribution in [0, 0.1) is 11.8 Å². The fraction of sp³-hybridized carbons (Fsp3) is 0.821. The average molecular weight is 598 g/mol. The first kappa shape index (κ1) is 32.8. The molecule has 2 aliphatic carbocycles. The molecular weight excluding hydrogens is 550 g/mol. The lowest BCUT2D eigenvalue weighted by atomic mass is 9.80. The molecule has 0 radical (unpaired) electrons. The number of amides is 5. The second-order valence-electron chi connectivity index (χ2n) is 13.1. The van der Waals surface area contributed by atoms with Crippen LogP contribution in [0.2, 0.25) is 0 Å². The summed E-state index contributed by atoms with van der Waals surface area (Å²) in [4.78, 5) is 64.8. The molecule has 1 heterocycles. The van der Waals surface area contributed by atoms with Gasteiger partial charge in [-0.3, -0.25) is 19.2 Å². The van der Waals surface area contributed by atoms with Gasteiger partial charge in [-0.2, -0.15) is 0 Å². The number of hydrogen-bond donors (Lipinski definition) is 4. The second-order valence-corrected chi connectivity index (χ2v) is 15.9. The Balaban J connectivity index is 1.62. The van der Waals surface area contributed by atoms with Crippen molar-refractivity contribution in [2.24, 2.45) is 17.6 Å². The molecule has 12 nitrogen and oxygen atoms in total. The van der Waals surface area contributed by atoms with E-state index in [0.717, 1.165) is 38.5 Å². The van der Waals surface area contributed by atoms with Gasteiger partial charge in [0.1, 0.15) is 6.04 Å². The number of nitrogens with one attached hydrogen (secondary N) is 3. The molecule has 5 N–H and O–H groups in total. The highest BCUT2D eigenvalue weighted by molar-refractivity contribution is 7.92. The van der Waals surface area contributed by atoms with Gasteiger partial charge in [-0.05, 0) is 58.3 Å². The molecule has 3 unspecified atom stereocenters. The zero-order valence-corrected chi connectivity index (χ0v) is 25.6. The molecule has 0 spiro atoms. The fourth-order valence-electron chi connectivity index (χ4n) is 6.01. The van der Waals surface area contributed by atoms with Gasteiger partial charge in [-0.1, -0.05) is 45.4 Å². The van der Waals surface area contributed by atoms with Crippen LogP contribution in [0.4, 0.5) is 4.79 Å². The lowest BCUT2D eigenvalue weighted by Crippen LogP contribution is -2.59. The number of nitrogens with zero attached hydrogens (tertiary/aromatic N) is 1. The molecule has 3 aliphatic rings. The van der Waals surface area contributed by atoms with E-state index < -0.39 is 61.7 Å². The molecule has 41 heavy (non-hydrogen) atoms. The lowest BCUT2D eigenvalue weighted by molar-refractivity contribution is -0.141. The van der Waals surface area contributed by atoms with Gasteiger partial charge in [0.05, 0.1) is 28.6 Å². The number of likely N-dealkylation sites (tertiary alicyclic amines) is 1. The normalized spacial score (nSPS) is 23.7. The third kappa shape index (κ3) is 8.20. The smallest absolute Gasteiger partial charge is 0.315 e. The largest absolute Gasteiger partial charge is 0.363 e. The topological polar surface area (TPSA) is 185 Å². The van der Waals surface area contributed by atoms with Crippen molar-refractivity contribution in [3.63, 3.8) is 0 Å². The van der Waals surface area contributed by atoms with Gasteiger partial charge >= 0.3 is 6.03 Å². The summed E-state index contributed by atoms with van der Waals surface area (Å²) < 4.78 is 25.0. The summed E-state index contributed by atoms with van der Waals surface area (Å²) in [6.07, 6.45) is 7.36. The zero-order chi connectivity index (χ0) is 30.6. The van der Waals surface area contributed by atoms with Crippen molar-refractivity contribution < 1.29 is 32.4 Å². The van der Waals surface area contributed by atoms with Crippen LogP contribution in [0.3, 0.4) is 0 Å². The summed E-state index contributed by atoms with van der Waals surface area (Å²) in [5.74, 6) is -3.10. The van der Waals surface area contributed by atoms with Crippen LogP contribution in [-0.4, -0.2) is 84.1 Å². The maximum absolute atomic E-state index is 13.3. The number of rotatable bonds is 11. The Bertz CT molecular complexity index is 1120. The first-order valence-electron chi connectivity index (χ1n) is 14.8. The highest BCUT2D eigenvalue weighted by Crippen LogP contribution is 2.33. The van der Waals surface area contributed by atoms with Gasteiger partial charge < -0.3 is 26.6 Å². The summed E-state index contributed by atoms with van der Waals surface area (Å²) in [6.45, 7) is 6.67. The van der Waals surface area contributed by atoms with E-state index in [1.165, 1.54) is 4.90 Å². The van der Waals surface area contributed by atoms with Crippen LogP contribution in [0.1, 0.15) is 91.9 Å². The van der Waals surface area contributed by atoms with Crippen molar-refractivity contribution in [2.45, 2.75) is 114 Å². The minimum atomic E-state index is -3.51. The molecule has 0 aromatic rings. The molecule has 1 saturated heterocycles. The standard InChI is InChI=1S/C28H47N5O7S/c1-18-11-14-33(22(18)25(37)31-20(23(35)24(29)36)15-19-9-8-10-19)21(34)16-30-26(38)32-28(12-6-5-7-13-28)17-41(39,40)27(2,3)4/h18-20,22H,5-17H2,1-4H3,(H2,29,36)(H,31,37)(H2,30,32,38). The quantitative estimate of drug-likeness (QED) is 0.258. The number of urea groups is 1. The maximum Gasteiger partial charge on any atom is 0.315 e. The van der Waals surface area contributed by atoms with Crippen molar-refractivity contribution in [1.82, 2.24) is 20.9 Å². The summed E-state index contributed by atoms with van der Waals surface area (Å²) in [7, 11) is -3.51. The van der Waals surface area contributed by atoms with Gasteiger partial charge in [0.2, 0.25) is 17.6 Å². The van der Waals surface area contributed by atoms with Crippen molar-refractivity contribution in [2.75, 3.05) is 18.8 Å². The van der Waals surface area contributed by atoms with E-state index in [2.05, 4.69) is 16.0 Å². The molecule has 3 fully saturated rings. The summed E-state index contributed by atoms with van der Waals surface area (Å²) >= 11 is 0. The van der Waals surface area contributed by atoms with Crippen molar-refractivity contribution in [3.8, 4) is 0 Å². The van der Waals surface area contributed by atoms with Gasteiger partial charge in [-0.15, -0.1) is 0 Å². The number of ketones is 1. The number of hydrogen-bond acceptors (Lipinski definition) is 7. The Morgan fingerprint density at radius 3 is 2.17 bits per heavy atom. The first-order valence-corrected chi connectivity index (χ1v) is 16.4. The molecule has 3 rings (SSSR count). The van der Waals surface area contributed by atoms with Crippen molar-refractivity contribution in [1.29, 1.82) is 0 Å². The number of nitrogens with two attached hydrogens (primary N) is 1. The van der Waals surface area contributed by atoms with E-state index in [-0.39, 0.29) is 24.1 Å². The number of Topliss-reactive ketones (excluding diaryl/α,β-unsaturated/α-hetero) is 1. The Hall–Kier alpha value is -2.70. The monoisotopic (exact) mass is 597 g/mol. The Labute approximate surface area is 243 Å². The van der Waals surface area contributed by atoms with E-state index in [9.17, 15) is 32.4 Å². The number of carbonyl (C=O) groups excluding carboxylic acids is 5. The van der Waals surface area contributed by atoms with Gasteiger partial charge in [0.15, 0.2) is 9.84 Å². The minimum Gasteiger partial charge on any atom is -0.363 e. The Kier molecular flexibility index (Phi) is 10.5. The maximum atomic E-state index is 13.3. The summed E-state index contributed by atoms with van der Waals surface area (Å²) in [5.41, 5.74) is 4.31. The van der Waals surface area contributed by atoms with E-state index in [0.29, 0.717) is 32.2 Å². The van der Waals surface area contributed by atoms with E-state index in [1.807, 2.05) is 6.92 Å². The number of sulfone groups is 1. The molecule has 1 aliphatic heterocycles. The molecule has 0 aromatic heterocycles. The van der Waals surface area contributed by atoms with Gasteiger partial charge in [-0.25, -0.2) is 13.2 Å². The van der Waals surface area contributed by atoms with E-state index >= 15 is 0 Å². The van der Waals surface area contributed by atoms with Gasteiger partial charge in [0.25, 0.3) is 5.91 Å². The van der Waals surface area contributed by atoms with E-state index in [1.54, 1.807) is 20.8 Å². The highest BCUT2D eigenvalue weighted by Gasteiger charge is 2.44. The highest BCUT2D eigenvalue weighted by atomic mass is 32.2. The Morgan fingerprint density at radius 2 is 1.63 bits per heavy atom. The third-order valence-corrected chi connectivity index (χ3v) is 11.7. The molecule has 3 atom stereocenters. The first-order chi connectivity index (χ1) is 19.0. The van der Waals surface area contributed by atoms with Crippen LogP contribution >= 0.6 is 0 Å².